The van der Waals surface area contributed by atoms with Gasteiger partial charge in [-0.05, 0) is 13.8 Å². The highest BCUT2D eigenvalue weighted by molar-refractivity contribution is 7.09. The molecule has 0 spiro atoms. The average molecular weight is 297 g/mol. The van der Waals surface area contributed by atoms with Gasteiger partial charge in [-0.1, -0.05) is 25.4 Å². The van der Waals surface area contributed by atoms with Crippen LogP contribution in [0.4, 0.5) is 5.82 Å². The van der Waals surface area contributed by atoms with E-state index in [1.807, 2.05) is 12.3 Å². The molecule has 0 aliphatic heterocycles. The van der Waals surface area contributed by atoms with Gasteiger partial charge in [-0.3, -0.25) is 0 Å². The van der Waals surface area contributed by atoms with Crippen LogP contribution >= 0.6 is 22.9 Å². The molecule has 0 saturated heterocycles. The summed E-state index contributed by atoms with van der Waals surface area (Å²) in [5, 5.41) is 6.86. The average Bonchev–Trinajstić information content (AvgIpc) is 2.88. The standard InChI is InChI=1S/C13H17ClN4S/c1-7(2)11-17-10(14)8(3)12(18-11)16-9(4)13-15-5-6-19-13/h5-7,9H,1-4H3,(H,16,17,18). The lowest BCUT2D eigenvalue weighted by atomic mass is 10.2. The van der Waals surface area contributed by atoms with Crippen LogP contribution in [0.3, 0.4) is 0 Å². The molecule has 0 aliphatic carbocycles. The number of rotatable bonds is 4. The van der Waals surface area contributed by atoms with Crippen LogP contribution in [0.25, 0.3) is 0 Å². The van der Waals surface area contributed by atoms with Crippen LogP contribution < -0.4 is 5.32 Å². The first-order chi connectivity index (χ1) is 8.99. The van der Waals surface area contributed by atoms with Gasteiger partial charge in [-0.15, -0.1) is 11.3 Å². The van der Waals surface area contributed by atoms with Crippen molar-refractivity contribution in [3.05, 3.63) is 33.1 Å². The molecule has 0 aliphatic rings. The maximum atomic E-state index is 6.17. The van der Waals surface area contributed by atoms with Gasteiger partial charge in [-0.25, -0.2) is 15.0 Å². The Morgan fingerprint density at radius 2 is 2.00 bits per heavy atom. The lowest BCUT2D eigenvalue weighted by Gasteiger charge is -2.16. The molecule has 2 aromatic rings. The van der Waals surface area contributed by atoms with E-state index < -0.39 is 0 Å². The summed E-state index contributed by atoms with van der Waals surface area (Å²) >= 11 is 7.79. The van der Waals surface area contributed by atoms with Gasteiger partial charge in [0.2, 0.25) is 0 Å². The molecule has 19 heavy (non-hydrogen) atoms. The molecule has 1 atom stereocenters. The van der Waals surface area contributed by atoms with Crippen molar-refractivity contribution < 1.29 is 0 Å². The van der Waals surface area contributed by atoms with Crippen molar-refractivity contribution in [1.29, 1.82) is 0 Å². The van der Waals surface area contributed by atoms with Crippen LogP contribution in [0.15, 0.2) is 11.6 Å². The summed E-state index contributed by atoms with van der Waals surface area (Å²) < 4.78 is 0. The first-order valence-electron chi connectivity index (χ1n) is 6.19. The fourth-order valence-electron chi connectivity index (χ4n) is 1.62. The molecule has 0 bridgehead atoms. The van der Waals surface area contributed by atoms with E-state index >= 15 is 0 Å². The molecular weight excluding hydrogens is 280 g/mol. The third-order valence-corrected chi connectivity index (χ3v) is 4.12. The van der Waals surface area contributed by atoms with Crippen molar-refractivity contribution in [2.45, 2.75) is 39.7 Å². The van der Waals surface area contributed by atoms with E-state index in [1.54, 1.807) is 17.5 Å². The Balaban J connectivity index is 2.29. The molecule has 0 amide bonds. The van der Waals surface area contributed by atoms with Gasteiger partial charge >= 0.3 is 0 Å². The molecule has 0 saturated carbocycles. The number of thiazole rings is 1. The Hall–Kier alpha value is -1.20. The van der Waals surface area contributed by atoms with Crippen molar-refractivity contribution in [2.24, 2.45) is 0 Å². The maximum absolute atomic E-state index is 6.17. The first-order valence-corrected chi connectivity index (χ1v) is 7.44. The second-order valence-corrected chi connectivity index (χ2v) is 6.02. The summed E-state index contributed by atoms with van der Waals surface area (Å²) in [4.78, 5) is 13.2. The van der Waals surface area contributed by atoms with Crippen molar-refractivity contribution in [3.63, 3.8) is 0 Å². The number of nitrogens with zero attached hydrogens (tertiary/aromatic N) is 3. The predicted molar refractivity (Wildman–Crippen MR) is 80.0 cm³/mol. The summed E-state index contributed by atoms with van der Waals surface area (Å²) in [5.74, 6) is 1.78. The van der Waals surface area contributed by atoms with Crippen molar-refractivity contribution in [1.82, 2.24) is 15.0 Å². The maximum Gasteiger partial charge on any atom is 0.137 e. The van der Waals surface area contributed by atoms with Crippen molar-refractivity contribution >= 4 is 28.8 Å². The van der Waals surface area contributed by atoms with Crippen molar-refractivity contribution in [3.8, 4) is 0 Å². The smallest absolute Gasteiger partial charge is 0.137 e. The van der Waals surface area contributed by atoms with Gasteiger partial charge in [0.05, 0.1) is 6.04 Å². The summed E-state index contributed by atoms with van der Waals surface area (Å²) in [7, 11) is 0. The second kappa shape index (κ2) is 5.84. The predicted octanol–water partition coefficient (Wildman–Crippen LogP) is 4.19. The summed E-state index contributed by atoms with van der Waals surface area (Å²) in [6.45, 7) is 8.08. The third kappa shape index (κ3) is 3.22. The molecule has 2 aromatic heterocycles. The Morgan fingerprint density at radius 1 is 1.26 bits per heavy atom. The highest BCUT2D eigenvalue weighted by Gasteiger charge is 2.15. The van der Waals surface area contributed by atoms with Crippen LogP contribution in [-0.2, 0) is 0 Å². The van der Waals surface area contributed by atoms with E-state index in [0.717, 1.165) is 22.2 Å². The minimum atomic E-state index is 0.102. The third-order valence-electron chi connectivity index (χ3n) is 2.80. The zero-order valence-electron chi connectivity index (χ0n) is 11.4. The fourth-order valence-corrected chi connectivity index (χ4v) is 2.44. The molecule has 4 nitrogen and oxygen atoms in total. The molecule has 2 heterocycles. The number of halogens is 1. The van der Waals surface area contributed by atoms with Crippen LogP contribution in [0.1, 0.15) is 49.1 Å². The summed E-state index contributed by atoms with van der Waals surface area (Å²) in [5.41, 5.74) is 0.870. The fraction of sp³-hybridized carbons (Fsp3) is 0.462. The minimum Gasteiger partial charge on any atom is -0.361 e. The summed E-state index contributed by atoms with van der Waals surface area (Å²) in [6.07, 6.45) is 1.80. The highest BCUT2D eigenvalue weighted by Crippen LogP contribution is 2.26. The van der Waals surface area contributed by atoms with Crippen LogP contribution in [0.2, 0.25) is 5.15 Å². The number of anilines is 1. The second-order valence-electron chi connectivity index (χ2n) is 4.74. The Bertz CT molecular complexity index is 554. The monoisotopic (exact) mass is 296 g/mol. The zero-order valence-corrected chi connectivity index (χ0v) is 13.0. The Morgan fingerprint density at radius 3 is 2.58 bits per heavy atom. The zero-order chi connectivity index (χ0) is 14.0. The van der Waals surface area contributed by atoms with Crippen LogP contribution in [0.5, 0.6) is 0 Å². The van der Waals surface area contributed by atoms with E-state index in [0.29, 0.717) is 5.15 Å². The molecule has 0 fully saturated rings. The van der Waals surface area contributed by atoms with E-state index in [1.165, 1.54) is 0 Å². The summed E-state index contributed by atoms with van der Waals surface area (Å²) in [6, 6.07) is 0.102. The van der Waals surface area contributed by atoms with Gasteiger partial charge in [0.1, 0.15) is 21.8 Å². The van der Waals surface area contributed by atoms with Gasteiger partial charge in [0.15, 0.2) is 0 Å². The first kappa shape index (κ1) is 14.2. The molecule has 2 rings (SSSR count). The van der Waals surface area contributed by atoms with Gasteiger partial charge < -0.3 is 5.32 Å². The number of aromatic nitrogens is 3. The normalized spacial score (nSPS) is 12.7. The van der Waals surface area contributed by atoms with E-state index in [4.69, 9.17) is 11.6 Å². The SMILES string of the molecule is Cc1c(Cl)nc(C(C)C)nc1NC(C)c1nccs1. The number of hydrogen-bond donors (Lipinski definition) is 1. The van der Waals surface area contributed by atoms with Crippen LogP contribution in [-0.4, -0.2) is 15.0 Å². The van der Waals surface area contributed by atoms with Gasteiger partial charge in [0.25, 0.3) is 0 Å². The molecule has 0 radical (unpaired) electrons. The largest absolute Gasteiger partial charge is 0.361 e. The molecule has 6 heteroatoms. The van der Waals surface area contributed by atoms with Crippen LogP contribution in [0, 0.1) is 6.92 Å². The van der Waals surface area contributed by atoms with Crippen molar-refractivity contribution in [2.75, 3.05) is 5.32 Å². The van der Waals surface area contributed by atoms with E-state index in [-0.39, 0.29) is 12.0 Å². The van der Waals surface area contributed by atoms with Gasteiger partial charge in [-0.2, -0.15) is 0 Å². The van der Waals surface area contributed by atoms with E-state index in [9.17, 15) is 0 Å². The lowest BCUT2D eigenvalue weighted by Crippen LogP contribution is -2.11. The Labute approximate surface area is 122 Å². The van der Waals surface area contributed by atoms with E-state index in [2.05, 4.69) is 41.0 Å². The molecule has 1 N–H and O–H groups in total. The molecule has 102 valence electrons. The highest BCUT2D eigenvalue weighted by atomic mass is 35.5. The van der Waals surface area contributed by atoms with Gasteiger partial charge in [0, 0.05) is 23.1 Å². The molecule has 0 aromatic carbocycles. The molecule has 1 unspecified atom stereocenters. The Kier molecular flexibility index (Phi) is 4.37. The quantitative estimate of drug-likeness (QED) is 0.860. The topological polar surface area (TPSA) is 50.7 Å². The number of hydrogen-bond acceptors (Lipinski definition) is 5. The minimum absolute atomic E-state index is 0.102. The lowest BCUT2D eigenvalue weighted by molar-refractivity contribution is 0.764. The molecular formula is C13H17ClN4S. The number of nitrogens with one attached hydrogen (secondary N) is 1.